The normalized spacial score (nSPS) is 11.6. The molecule has 5 nitrogen and oxygen atoms in total. The molecular formula is C19H15FN4OS. The maximum absolute atomic E-state index is 13.6. The molecule has 130 valence electrons. The van der Waals surface area contributed by atoms with E-state index in [-0.39, 0.29) is 0 Å². The molecule has 26 heavy (non-hydrogen) atoms. The molecule has 1 unspecified atom stereocenters. The molecule has 0 saturated carbocycles. The third-order valence-corrected chi connectivity index (χ3v) is 3.97. The SMILES string of the molecule is C#CC(C)Oc1cc(F)ccc1Nc1ncnc2cc(N=S)cc(C)c12. The van der Waals surface area contributed by atoms with Crippen molar-refractivity contribution in [3.63, 3.8) is 0 Å². The Morgan fingerprint density at radius 3 is 2.85 bits per heavy atom. The molecule has 0 saturated heterocycles. The van der Waals surface area contributed by atoms with Gasteiger partial charge in [-0.1, -0.05) is 5.92 Å². The molecule has 3 aromatic rings. The highest BCUT2D eigenvalue weighted by molar-refractivity contribution is 7.47. The van der Waals surface area contributed by atoms with E-state index in [2.05, 4.69) is 25.6 Å². The van der Waals surface area contributed by atoms with Crippen LogP contribution in [0.1, 0.15) is 12.5 Å². The lowest BCUT2D eigenvalue weighted by atomic mass is 10.1. The molecule has 1 aromatic heterocycles. The predicted octanol–water partition coefficient (Wildman–Crippen LogP) is 4.58. The number of benzene rings is 2. The van der Waals surface area contributed by atoms with Gasteiger partial charge in [0, 0.05) is 23.9 Å². The highest BCUT2D eigenvalue weighted by atomic mass is 32.1. The molecule has 0 fully saturated rings. The van der Waals surface area contributed by atoms with Crippen LogP contribution in [0.2, 0.25) is 0 Å². The van der Waals surface area contributed by atoms with E-state index >= 15 is 0 Å². The molecule has 7 heteroatoms. The fourth-order valence-electron chi connectivity index (χ4n) is 2.57. The molecule has 0 amide bonds. The number of nitrogens with one attached hydrogen (secondary N) is 1. The molecule has 3 rings (SSSR count). The minimum atomic E-state index is -0.502. The Kier molecular flexibility index (Phi) is 5.05. The number of hydrogen-bond acceptors (Lipinski definition) is 6. The number of ether oxygens (including phenoxy) is 1. The van der Waals surface area contributed by atoms with Gasteiger partial charge in [0.05, 0.1) is 16.9 Å². The Morgan fingerprint density at radius 2 is 2.12 bits per heavy atom. The van der Waals surface area contributed by atoms with Crippen LogP contribution in [0, 0.1) is 25.1 Å². The summed E-state index contributed by atoms with van der Waals surface area (Å²) in [5, 5.41) is 4.00. The maximum Gasteiger partial charge on any atom is 0.156 e. The van der Waals surface area contributed by atoms with Crippen LogP contribution in [0.4, 0.5) is 21.6 Å². The number of anilines is 2. The van der Waals surface area contributed by atoms with Crippen molar-refractivity contribution >= 4 is 40.5 Å². The fraction of sp³-hybridized carbons (Fsp3) is 0.158. The highest BCUT2D eigenvalue weighted by Crippen LogP contribution is 2.33. The quantitative estimate of drug-likeness (QED) is 0.670. The second-order valence-corrected chi connectivity index (χ2v) is 5.85. The van der Waals surface area contributed by atoms with Gasteiger partial charge >= 0.3 is 0 Å². The minimum absolute atomic E-state index is 0.303. The molecule has 1 N–H and O–H groups in total. The molecule has 0 spiro atoms. The summed E-state index contributed by atoms with van der Waals surface area (Å²) in [6.45, 7) is 3.63. The van der Waals surface area contributed by atoms with E-state index in [1.165, 1.54) is 18.5 Å². The van der Waals surface area contributed by atoms with Crippen molar-refractivity contribution in [2.45, 2.75) is 20.0 Å². The number of terminal acetylenes is 1. The average Bonchev–Trinajstić information content (AvgIpc) is 2.63. The second kappa shape index (κ2) is 7.42. The van der Waals surface area contributed by atoms with E-state index in [4.69, 9.17) is 23.6 Å². The van der Waals surface area contributed by atoms with Crippen LogP contribution in [0.3, 0.4) is 0 Å². The smallest absolute Gasteiger partial charge is 0.156 e. The van der Waals surface area contributed by atoms with Crippen molar-refractivity contribution in [1.29, 1.82) is 0 Å². The van der Waals surface area contributed by atoms with Crippen LogP contribution in [0.25, 0.3) is 10.9 Å². The zero-order valence-corrected chi connectivity index (χ0v) is 15.0. The Labute approximate surface area is 155 Å². The van der Waals surface area contributed by atoms with Gasteiger partial charge in [-0.05, 0) is 43.7 Å². The van der Waals surface area contributed by atoms with E-state index in [0.29, 0.717) is 28.5 Å². The lowest BCUT2D eigenvalue weighted by Crippen LogP contribution is -2.10. The first-order valence-electron chi connectivity index (χ1n) is 7.80. The summed E-state index contributed by atoms with van der Waals surface area (Å²) in [6, 6.07) is 7.82. The van der Waals surface area contributed by atoms with E-state index in [1.807, 2.05) is 13.0 Å². The van der Waals surface area contributed by atoms with E-state index in [0.717, 1.165) is 10.9 Å². The van der Waals surface area contributed by atoms with Crippen LogP contribution >= 0.6 is 0 Å². The van der Waals surface area contributed by atoms with Gasteiger partial charge in [0.25, 0.3) is 0 Å². The number of rotatable bonds is 5. The Morgan fingerprint density at radius 1 is 1.31 bits per heavy atom. The number of halogens is 1. The fourth-order valence-corrected chi connectivity index (χ4v) is 2.68. The van der Waals surface area contributed by atoms with Crippen LogP contribution in [0.5, 0.6) is 5.75 Å². The van der Waals surface area contributed by atoms with Gasteiger partial charge < -0.3 is 10.1 Å². The van der Waals surface area contributed by atoms with Gasteiger partial charge in [0.15, 0.2) is 6.10 Å². The Balaban J connectivity index is 2.07. The third-order valence-electron chi connectivity index (χ3n) is 3.76. The van der Waals surface area contributed by atoms with Crippen LogP contribution in [0.15, 0.2) is 41.0 Å². The average molecular weight is 366 g/mol. The number of hydrogen-bond donors (Lipinski definition) is 1. The first-order valence-corrected chi connectivity index (χ1v) is 8.16. The Hall–Kier alpha value is -3.11. The topological polar surface area (TPSA) is 59.4 Å². The predicted molar refractivity (Wildman–Crippen MR) is 102 cm³/mol. The Bertz CT molecular complexity index is 1030. The van der Waals surface area contributed by atoms with Crippen molar-refractivity contribution in [3.05, 3.63) is 48.0 Å². The third kappa shape index (κ3) is 3.60. The van der Waals surface area contributed by atoms with Gasteiger partial charge in [-0.25, -0.2) is 14.4 Å². The number of nitrogens with zero attached hydrogens (tertiary/aromatic N) is 3. The summed E-state index contributed by atoms with van der Waals surface area (Å²) in [4.78, 5) is 8.59. The van der Waals surface area contributed by atoms with Gasteiger partial charge in [-0.2, -0.15) is 4.36 Å². The molecule has 1 heterocycles. The second-order valence-electron chi connectivity index (χ2n) is 5.66. The zero-order chi connectivity index (χ0) is 18.7. The number of fused-ring (bicyclic) bond motifs is 1. The summed E-state index contributed by atoms with van der Waals surface area (Å²) in [6.07, 6.45) is 6.29. The monoisotopic (exact) mass is 366 g/mol. The van der Waals surface area contributed by atoms with Crippen molar-refractivity contribution in [1.82, 2.24) is 9.97 Å². The van der Waals surface area contributed by atoms with Gasteiger partial charge in [-0.3, -0.25) is 0 Å². The first-order chi connectivity index (χ1) is 12.5. The van der Waals surface area contributed by atoms with Gasteiger partial charge in [0.2, 0.25) is 0 Å². The highest BCUT2D eigenvalue weighted by Gasteiger charge is 2.13. The van der Waals surface area contributed by atoms with Crippen molar-refractivity contribution in [3.8, 4) is 18.1 Å². The van der Waals surface area contributed by atoms with Gasteiger partial charge in [-0.15, -0.1) is 6.42 Å². The van der Waals surface area contributed by atoms with E-state index < -0.39 is 11.9 Å². The van der Waals surface area contributed by atoms with Crippen LogP contribution in [-0.2, 0) is 12.4 Å². The lowest BCUT2D eigenvalue weighted by Gasteiger charge is -2.16. The molecule has 0 radical (unpaired) electrons. The standard InChI is InChI=1S/C19H15FN4OS/c1-4-12(3)25-17-8-13(20)5-6-15(17)23-19-18-11(2)7-14(24-26)9-16(18)21-10-22-19/h1,5-10,12H,2-3H3,(H,21,22,23). The van der Waals surface area contributed by atoms with Crippen molar-refractivity contribution in [2.75, 3.05) is 5.32 Å². The van der Waals surface area contributed by atoms with E-state index in [1.54, 1.807) is 19.1 Å². The molecule has 0 aliphatic heterocycles. The summed E-state index contributed by atoms with van der Waals surface area (Å²) in [5.74, 6) is 2.90. The molecule has 2 aromatic carbocycles. The summed E-state index contributed by atoms with van der Waals surface area (Å²) in [7, 11) is 0. The lowest BCUT2D eigenvalue weighted by molar-refractivity contribution is 0.279. The maximum atomic E-state index is 13.6. The van der Waals surface area contributed by atoms with Crippen LogP contribution in [-0.4, -0.2) is 16.1 Å². The van der Waals surface area contributed by atoms with Crippen LogP contribution < -0.4 is 10.1 Å². The largest absolute Gasteiger partial charge is 0.476 e. The van der Waals surface area contributed by atoms with E-state index in [9.17, 15) is 4.39 Å². The minimum Gasteiger partial charge on any atom is -0.476 e. The molecule has 0 aliphatic carbocycles. The number of aromatic nitrogens is 2. The first kappa shape index (κ1) is 17.7. The number of aryl methyl sites for hydroxylation is 1. The zero-order valence-electron chi connectivity index (χ0n) is 14.2. The summed E-state index contributed by atoms with van der Waals surface area (Å²) < 4.78 is 23.0. The molecular weight excluding hydrogens is 351 g/mol. The van der Waals surface area contributed by atoms with Crippen molar-refractivity contribution < 1.29 is 9.13 Å². The summed E-state index contributed by atoms with van der Waals surface area (Å²) in [5.41, 5.74) is 2.82. The van der Waals surface area contributed by atoms with Gasteiger partial charge in [0.1, 0.15) is 23.7 Å². The van der Waals surface area contributed by atoms with Crippen molar-refractivity contribution in [2.24, 2.45) is 4.36 Å². The summed E-state index contributed by atoms with van der Waals surface area (Å²) >= 11 is 4.76. The molecule has 0 bridgehead atoms. The molecule has 1 atom stereocenters. The molecule has 0 aliphatic rings.